The fourth-order valence-electron chi connectivity index (χ4n) is 1.98. The van der Waals surface area contributed by atoms with Gasteiger partial charge in [-0.25, -0.2) is 13.1 Å². The van der Waals surface area contributed by atoms with Gasteiger partial charge in [0.2, 0.25) is 15.9 Å². The minimum Gasteiger partial charge on any atom is -0.497 e. The van der Waals surface area contributed by atoms with E-state index in [4.69, 9.17) is 4.74 Å². The third kappa shape index (κ3) is 4.85. The maximum atomic E-state index is 12.3. The molecule has 122 valence electrons. The number of hydrogen-bond acceptors (Lipinski definition) is 4. The molecule has 1 aromatic rings. The van der Waals surface area contributed by atoms with Gasteiger partial charge in [-0.1, -0.05) is 6.08 Å². The lowest BCUT2D eigenvalue weighted by Gasteiger charge is -2.19. The fraction of sp³-hybridized carbons (Fsp3) is 0.400. The van der Waals surface area contributed by atoms with E-state index in [9.17, 15) is 13.2 Å². The van der Waals surface area contributed by atoms with E-state index in [1.807, 2.05) is 0 Å². The standard InChI is InChI=1S/C15H22N2O4S/c1-5-9-17(13(3)18)10-8-16-22(19,20)15-7-6-14(21-4)11-12(15)2/h5-7,11,16H,1,8-10H2,2-4H3. The molecule has 0 aromatic heterocycles. The number of carbonyl (C=O) groups is 1. The van der Waals surface area contributed by atoms with Crippen LogP contribution in [0.2, 0.25) is 0 Å². The maximum Gasteiger partial charge on any atom is 0.240 e. The van der Waals surface area contributed by atoms with Crippen LogP contribution in [0.15, 0.2) is 35.7 Å². The first-order valence-electron chi connectivity index (χ1n) is 6.82. The molecule has 7 heteroatoms. The van der Waals surface area contributed by atoms with Crippen molar-refractivity contribution in [2.75, 3.05) is 26.7 Å². The number of nitrogens with one attached hydrogen (secondary N) is 1. The zero-order valence-corrected chi connectivity index (χ0v) is 13.9. The predicted molar refractivity (Wildman–Crippen MR) is 85.4 cm³/mol. The zero-order valence-electron chi connectivity index (χ0n) is 13.1. The van der Waals surface area contributed by atoms with Crippen molar-refractivity contribution in [2.24, 2.45) is 0 Å². The number of carbonyl (C=O) groups excluding carboxylic acids is 1. The summed E-state index contributed by atoms with van der Waals surface area (Å²) in [6, 6.07) is 4.76. The van der Waals surface area contributed by atoms with Crippen molar-refractivity contribution in [3.05, 3.63) is 36.4 Å². The largest absolute Gasteiger partial charge is 0.497 e. The highest BCUT2D eigenvalue weighted by atomic mass is 32.2. The quantitative estimate of drug-likeness (QED) is 0.731. The van der Waals surface area contributed by atoms with Gasteiger partial charge in [0, 0.05) is 26.6 Å². The molecule has 0 aliphatic rings. The van der Waals surface area contributed by atoms with E-state index in [2.05, 4.69) is 11.3 Å². The molecule has 0 radical (unpaired) electrons. The summed E-state index contributed by atoms with van der Waals surface area (Å²) in [7, 11) is -2.10. The summed E-state index contributed by atoms with van der Waals surface area (Å²) >= 11 is 0. The molecular weight excluding hydrogens is 304 g/mol. The molecule has 0 fully saturated rings. The third-order valence-electron chi connectivity index (χ3n) is 3.14. The molecule has 1 aromatic carbocycles. The Morgan fingerprint density at radius 1 is 1.45 bits per heavy atom. The van der Waals surface area contributed by atoms with E-state index in [1.165, 1.54) is 25.0 Å². The molecule has 22 heavy (non-hydrogen) atoms. The Morgan fingerprint density at radius 2 is 2.14 bits per heavy atom. The molecule has 0 saturated carbocycles. The third-order valence-corrected chi connectivity index (χ3v) is 4.76. The SMILES string of the molecule is C=CCN(CCNS(=O)(=O)c1ccc(OC)cc1C)C(C)=O. The van der Waals surface area contributed by atoms with Crippen LogP contribution >= 0.6 is 0 Å². The molecule has 6 nitrogen and oxygen atoms in total. The molecule has 0 heterocycles. The minimum absolute atomic E-state index is 0.125. The molecule has 0 aliphatic carbocycles. The molecule has 0 bridgehead atoms. The number of methoxy groups -OCH3 is 1. The van der Waals surface area contributed by atoms with Gasteiger partial charge in [0.05, 0.1) is 12.0 Å². The summed E-state index contributed by atoms with van der Waals surface area (Å²) in [6.07, 6.45) is 1.60. The van der Waals surface area contributed by atoms with Crippen LogP contribution in [-0.2, 0) is 14.8 Å². The Hall–Kier alpha value is -1.86. The summed E-state index contributed by atoms with van der Waals surface area (Å²) in [6.45, 7) is 7.53. The number of ether oxygens (including phenoxy) is 1. The van der Waals surface area contributed by atoms with Crippen molar-refractivity contribution in [1.82, 2.24) is 9.62 Å². The predicted octanol–water partition coefficient (Wildman–Crippen LogP) is 1.32. The van der Waals surface area contributed by atoms with Gasteiger partial charge in [-0.2, -0.15) is 0 Å². The Balaban J connectivity index is 2.75. The summed E-state index contributed by atoms with van der Waals surface area (Å²) < 4.78 is 32.1. The second-order valence-corrected chi connectivity index (χ2v) is 6.52. The second-order valence-electron chi connectivity index (χ2n) is 4.78. The number of benzene rings is 1. The van der Waals surface area contributed by atoms with Crippen LogP contribution in [0.3, 0.4) is 0 Å². The average Bonchev–Trinajstić information content (AvgIpc) is 2.45. The van der Waals surface area contributed by atoms with Crippen molar-refractivity contribution < 1.29 is 17.9 Å². The molecule has 1 amide bonds. The molecule has 0 atom stereocenters. The normalized spacial score (nSPS) is 11.0. The molecule has 0 aliphatic heterocycles. The van der Waals surface area contributed by atoms with Gasteiger partial charge >= 0.3 is 0 Å². The van der Waals surface area contributed by atoms with Crippen molar-refractivity contribution >= 4 is 15.9 Å². The Bertz CT molecular complexity index is 641. The van der Waals surface area contributed by atoms with Crippen LogP contribution in [0, 0.1) is 6.92 Å². The molecule has 1 N–H and O–H groups in total. The van der Waals surface area contributed by atoms with Gasteiger partial charge < -0.3 is 9.64 Å². The van der Waals surface area contributed by atoms with E-state index in [1.54, 1.807) is 25.1 Å². The van der Waals surface area contributed by atoms with Crippen LogP contribution in [0.25, 0.3) is 0 Å². The van der Waals surface area contributed by atoms with Crippen molar-refractivity contribution in [1.29, 1.82) is 0 Å². The van der Waals surface area contributed by atoms with E-state index in [-0.39, 0.29) is 23.9 Å². The maximum absolute atomic E-state index is 12.3. The van der Waals surface area contributed by atoms with E-state index < -0.39 is 10.0 Å². The number of amides is 1. The topological polar surface area (TPSA) is 75.7 Å². The minimum atomic E-state index is -3.62. The summed E-state index contributed by atoms with van der Waals surface area (Å²) in [5.41, 5.74) is 0.598. The average molecular weight is 326 g/mol. The van der Waals surface area contributed by atoms with Gasteiger partial charge in [-0.3, -0.25) is 4.79 Å². The first-order valence-corrected chi connectivity index (χ1v) is 8.31. The molecular formula is C15H22N2O4S. The summed E-state index contributed by atoms with van der Waals surface area (Å²) in [5.74, 6) is 0.477. The van der Waals surface area contributed by atoms with Crippen molar-refractivity contribution in [3.63, 3.8) is 0 Å². The highest BCUT2D eigenvalue weighted by molar-refractivity contribution is 7.89. The van der Waals surface area contributed by atoms with E-state index >= 15 is 0 Å². The molecule has 0 spiro atoms. The Labute approximate surface area is 131 Å². The highest BCUT2D eigenvalue weighted by Crippen LogP contribution is 2.20. The monoisotopic (exact) mass is 326 g/mol. The molecule has 1 rings (SSSR count). The highest BCUT2D eigenvalue weighted by Gasteiger charge is 2.17. The fourth-order valence-corrected chi connectivity index (χ4v) is 3.22. The first kappa shape index (κ1) is 18.2. The lowest BCUT2D eigenvalue weighted by Crippen LogP contribution is -2.37. The van der Waals surface area contributed by atoms with Crippen molar-refractivity contribution in [2.45, 2.75) is 18.7 Å². The summed E-state index contributed by atoms with van der Waals surface area (Å²) in [5, 5.41) is 0. The van der Waals surface area contributed by atoms with Crippen molar-refractivity contribution in [3.8, 4) is 5.75 Å². The molecule has 0 saturated heterocycles. The number of nitrogens with zero attached hydrogens (tertiary/aromatic N) is 1. The van der Waals surface area contributed by atoms with Crippen LogP contribution in [0.1, 0.15) is 12.5 Å². The van der Waals surface area contributed by atoms with Gasteiger partial charge in [0.15, 0.2) is 0 Å². The van der Waals surface area contributed by atoms with Gasteiger partial charge in [0.1, 0.15) is 5.75 Å². The van der Waals surface area contributed by atoms with Crippen LogP contribution in [-0.4, -0.2) is 46.0 Å². The van der Waals surface area contributed by atoms with E-state index in [0.29, 0.717) is 17.9 Å². The van der Waals surface area contributed by atoms with E-state index in [0.717, 1.165) is 0 Å². The Kier molecular flexibility index (Phi) is 6.58. The van der Waals surface area contributed by atoms with Crippen LogP contribution in [0.5, 0.6) is 5.75 Å². The second kappa shape index (κ2) is 7.95. The van der Waals surface area contributed by atoms with Gasteiger partial charge in [0.25, 0.3) is 0 Å². The van der Waals surface area contributed by atoms with Gasteiger partial charge in [-0.15, -0.1) is 6.58 Å². The van der Waals surface area contributed by atoms with Crippen LogP contribution in [0.4, 0.5) is 0 Å². The van der Waals surface area contributed by atoms with Crippen LogP contribution < -0.4 is 9.46 Å². The van der Waals surface area contributed by atoms with Gasteiger partial charge in [-0.05, 0) is 30.7 Å². The number of rotatable bonds is 8. The Morgan fingerprint density at radius 3 is 2.64 bits per heavy atom. The number of aryl methyl sites for hydroxylation is 1. The lowest BCUT2D eigenvalue weighted by atomic mass is 10.2. The number of hydrogen-bond donors (Lipinski definition) is 1. The zero-order chi connectivity index (χ0) is 16.8. The summed E-state index contributed by atoms with van der Waals surface area (Å²) in [4.78, 5) is 13.1. The first-order chi connectivity index (χ1) is 10.3. The number of sulfonamides is 1. The lowest BCUT2D eigenvalue weighted by molar-refractivity contribution is -0.128. The molecule has 0 unspecified atom stereocenters. The smallest absolute Gasteiger partial charge is 0.240 e.